The first kappa shape index (κ1) is 41.5. The van der Waals surface area contributed by atoms with Gasteiger partial charge in [0.25, 0.3) is 0 Å². The Hall–Kier alpha value is -4.88. The van der Waals surface area contributed by atoms with Crippen molar-refractivity contribution in [3.8, 4) is 51.7 Å². The average Bonchev–Trinajstić information content (AvgIpc) is 3.88. The number of para-hydroxylation sites is 5. The van der Waals surface area contributed by atoms with Gasteiger partial charge >= 0.3 is 17.2 Å². The fourth-order valence-corrected chi connectivity index (χ4v) is 10.7. The van der Waals surface area contributed by atoms with Crippen LogP contribution in [0.3, 0.4) is 0 Å². The summed E-state index contributed by atoms with van der Waals surface area (Å²) in [5.41, 5.74) is 2.37. The van der Waals surface area contributed by atoms with Crippen molar-refractivity contribution in [3.05, 3.63) is 125 Å². The van der Waals surface area contributed by atoms with E-state index in [1.165, 1.54) is 0 Å². The number of fused-ring (bicyclic) bond motifs is 4. The lowest BCUT2D eigenvalue weighted by Gasteiger charge is -2.31. The SMILES string of the molecule is CC1(C)Cc2cccc(OP(Oc3ccccc3C(C)(C)OP(Oc3cccc4c3OC(C)(C)C4)Oc3cccc4c3OC(C)(C)C4)Oc3cccc4c3OC(C)(C)C4)c2O1. The second-order valence-electron chi connectivity index (χ2n) is 19.1. The summed E-state index contributed by atoms with van der Waals surface area (Å²) in [5.74, 6) is 5.36. The third-order valence-corrected chi connectivity index (χ3v) is 13.3. The lowest BCUT2D eigenvalue weighted by atomic mass is 9.98. The van der Waals surface area contributed by atoms with E-state index in [0.29, 0.717) is 57.3 Å². The minimum atomic E-state index is -2.16. The molecule has 5 aromatic carbocycles. The molecule has 0 saturated heterocycles. The molecule has 4 heterocycles. The van der Waals surface area contributed by atoms with Crippen LogP contribution in [0.1, 0.15) is 97.1 Å². The summed E-state index contributed by atoms with van der Waals surface area (Å²) in [5, 5.41) is 0. The molecule has 5 aromatic rings. The van der Waals surface area contributed by atoms with Crippen molar-refractivity contribution >= 4 is 17.2 Å². The molecule has 0 saturated carbocycles. The maximum Gasteiger partial charge on any atom is 0.530 e. The average molecular weight is 865 g/mol. The zero-order valence-corrected chi connectivity index (χ0v) is 38.3. The zero-order chi connectivity index (χ0) is 43.0. The summed E-state index contributed by atoms with van der Waals surface area (Å²) < 4.78 is 66.5. The minimum absolute atomic E-state index is 0.381. The Morgan fingerprint density at radius 3 is 1.05 bits per heavy atom. The van der Waals surface area contributed by atoms with Crippen LogP contribution in [0.15, 0.2) is 97.1 Å². The van der Waals surface area contributed by atoms with Crippen LogP contribution in [0.5, 0.6) is 51.7 Å². The highest BCUT2D eigenvalue weighted by Gasteiger charge is 2.41. The molecule has 320 valence electrons. The lowest BCUT2D eigenvalue weighted by Crippen LogP contribution is -2.25. The Kier molecular flexibility index (Phi) is 10.3. The van der Waals surface area contributed by atoms with Gasteiger partial charge in [-0.1, -0.05) is 66.7 Å². The molecule has 9 rings (SSSR count). The molecular weight excluding hydrogens is 810 g/mol. The molecule has 0 fully saturated rings. The molecule has 0 amide bonds. The van der Waals surface area contributed by atoms with Crippen molar-refractivity contribution in [2.24, 2.45) is 0 Å². The van der Waals surface area contributed by atoms with Gasteiger partial charge < -0.3 is 41.6 Å². The lowest BCUT2D eigenvalue weighted by molar-refractivity contribution is 0.0887. The largest absolute Gasteiger partial charge is 0.530 e. The Balaban J connectivity index is 1.05. The molecule has 0 aromatic heterocycles. The van der Waals surface area contributed by atoms with E-state index in [9.17, 15) is 0 Å². The topological polar surface area (TPSA) is 92.3 Å². The molecule has 4 aliphatic heterocycles. The molecule has 0 unspecified atom stereocenters. The standard InChI is InChI=1S/C49H54O10P2/c1-45(2)27-31-17-13-23-37(41(31)50-45)55-60(56-38-24-14-18-32-28-46(3,4)51-42(32)38)54-36-22-12-11-21-35(36)49(9,10)59-61(57-39-25-15-19-33-29-47(5,6)52-43(33)39)58-40-26-16-20-34-30-48(7,8)53-44(34)40/h11-26H,27-30H2,1-10H3. The molecule has 12 heteroatoms. The first-order chi connectivity index (χ1) is 28.8. The fraction of sp³-hybridized carbons (Fsp3) is 0.388. The second-order valence-corrected chi connectivity index (χ2v) is 21.1. The Morgan fingerprint density at radius 1 is 0.393 bits per heavy atom. The van der Waals surface area contributed by atoms with Crippen LogP contribution in [0.2, 0.25) is 0 Å². The fourth-order valence-electron chi connectivity index (χ4n) is 8.43. The Bertz CT molecular complexity index is 2340. The van der Waals surface area contributed by atoms with E-state index in [1.54, 1.807) is 0 Å². The second kappa shape index (κ2) is 15.2. The predicted octanol–water partition coefficient (Wildman–Crippen LogP) is 12.9. The summed E-state index contributed by atoms with van der Waals surface area (Å²) in [6.45, 7) is 20.5. The molecule has 0 aliphatic carbocycles. The highest BCUT2D eigenvalue weighted by atomic mass is 31.2. The molecule has 0 bridgehead atoms. The molecular formula is C49H54O10P2. The number of hydrogen-bond acceptors (Lipinski definition) is 10. The van der Waals surface area contributed by atoms with Gasteiger partial charge in [0, 0.05) is 53.5 Å². The monoisotopic (exact) mass is 864 g/mol. The normalized spacial score (nSPS) is 18.2. The van der Waals surface area contributed by atoms with Crippen LogP contribution in [-0.2, 0) is 35.8 Å². The van der Waals surface area contributed by atoms with E-state index < -0.39 is 22.8 Å². The van der Waals surface area contributed by atoms with E-state index >= 15 is 0 Å². The van der Waals surface area contributed by atoms with Gasteiger partial charge in [-0.2, -0.15) is 0 Å². The number of hydrogen-bond donors (Lipinski definition) is 0. The number of rotatable bonds is 13. The minimum Gasteiger partial charge on any atom is -0.483 e. The van der Waals surface area contributed by atoms with E-state index in [4.69, 9.17) is 46.1 Å². The highest BCUT2D eigenvalue weighted by molar-refractivity contribution is 7.43. The quantitative estimate of drug-likeness (QED) is 0.107. The van der Waals surface area contributed by atoms with E-state index in [2.05, 4.69) is 79.7 Å². The summed E-state index contributed by atoms with van der Waals surface area (Å²) >= 11 is 0. The smallest absolute Gasteiger partial charge is 0.483 e. The van der Waals surface area contributed by atoms with Crippen molar-refractivity contribution in [1.82, 2.24) is 0 Å². The molecule has 0 radical (unpaired) electrons. The number of ether oxygens (including phenoxy) is 4. The van der Waals surface area contributed by atoms with Gasteiger partial charge in [-0.25, -0.2) is 0 Å². The zero-order valence-electron chi connectivity index (χ0n) is 36.5. The van der Waals surface area contributed by atoms with Crippen molar-refractivity contribution in [2.45, 2.75) is 123 Å². The van der Waals surface area contributed by atoms with E-state index in [0.717, 1.165) is 47.9 Å². The van der Waals surface area contributed by atoms with Gasteiger partial charge in [0.05, 0.1) is 0 Å². The molecule has 0 spiro atoms. The molecule has 0 N–H and O–H groups in total. The van der Waals surface area contributed by atoms with Gasteiger partial charge in [0.1, 0.15) is 33.8 Å². The van der Waals surface area contributed by atoms with Crippen LogP contribution in [0.4, 0.5) is 0 Å². The van der Waals surface area contributed by atoms with Gasteiger partial charge in [-0.15, -0.1) is 0 Å². The van der Waals surface area contributed by atoms with Crippen LogP contribution in [0.25, 0.3) is 0 Å². The summed E-state index contributed by atoms with van der Waals surface area (Å²) in [7, 11) is -4.30. The van der Waals surface area contributed by atoms with Crippen molar-refractivity contribution in [3.63, 3.8) is 0 Å². The molecule has 0 atom stereocenters. The maximum atomic E-state index is 7.00. The third kappa shape index (κ3) is 8.78. The molecule has 61 heavy (non-hydrogen) atoms. The van der Waals surface area contributed by atoms with E-state index in [-0.39, 0.29) is 22.4 Å². The van der Waals surface area contributed by atoms with Crippen LogP contribution >= 0.6 is 17.2 Å². The van der Waals surface area contributed by atoms with Crippen molar-refractivity contribution in [1.29, 1.82) is 0 Å². The van der Waals surface area contributed by atoms with Gasteiger partial charge in [-0.05, 0) is 99.6 Å². The van der Waals surface area contributed by atoms with E-state index in [1.807, 2.05) is 86.6 Å². The van der Waals surface area contributed by atoms with Crippen LogP contribution in [-0.4, -0.2) is 22.4 Å². The van der Waals surface area contributed by atoms with Crippen molar-refractivity contribution < 1.29 is 46.1 Å². The Morgan fingerprint density at radius 2 is 0.689 bits per heavy atom. The van der Waals surface area contributed by atoms with Gasteiger partial charge in [0.2, 0.25) is 0 Å². The first-order valence-corrected chi connectivity index (χ1v) is 23.0. The molecule has 4 aliphatic rings. The molecule has 10 nitrogen and oxygen atoms in total. The van der Waals surface area contributed by atoms with Crippen LogP contribution < -0.4 is 41.6 Å². The predicted molar refractivity (Wildman–Crippen MR) is 237 cm³/mol. The third-order valence-electron chi connectivity index (χ3n) is 10.9. The maximum absolute atomic E-state index is 7.00. The summed E-state index contributed by atoms with van der Waals surface area (Å²) in [4.78, 5) is 0. The van der Waals surface area contributed by atoms with Crippen LogP contribution in [0, 0.1) is 0 Å². The van der Waals surface area contributed by atoms with Gasteiger partial charge in [0.15, 0.2) is 46.0 Å². The highest BCUT2D eigenvalue weighted by Crippen LogP contribution is 2.57. The first-order valence-electron chi connectivity index (χ1n) is 20.8. The summed E-state index contributed by atoms with van der Waals surface area (Å²) in [6, 6.07) is 31.4. The van der Waals surface area contributed by atoms with Crippen molar-refractivity contribution in [2.75, 3.05) is 0 Å². The Labute approximate surface area is 361 Å². The van der Waals surface area contributed by atoms with Gasteiger partial charge in [-0.3, -0.25) is 4.52 Å². The summed E-state index contributed by atoms with van der Waals surface area (Å²) in [6.07, 6.45) is 3.01. The number of benzene rings is 5.